The second-order valence-electron chi connectivity index (χ2n) is 5.46. The first-order valence-electron chi connectivity index (χ1n) is 6.13. The lowest BCUT2D eigenvalue weighted by molar-refractivity contribution is -0.154. The minimum Gasteiger partial charge on any atom is -0.394 e. The molecule has 6 nitrogen and oxygen atoms in total. The van der Waals surface area contributed by atoms with E-state index in [1.165, 1.54) is 4.90 Å². The molecule has 1 saturated heterocycles. The molecule has 0 saturated carbocycles. The van der Waals surface area contributed by atoms with Crippen molar-refractivity contribution < 1.29 is 19.4 Å². The molecule has 1 fully saturated rings. The van der Waals surface area contributed by atoms with Gasteiger partial charge in [0, 0.05) is 13.1 Å². The van der Waals surface area contributed by atoms with Crippen LogP contribution in [-0.4, -0.2) is 59.3 Å². The molecule has 0 aliphatic carbocycles. The number of carbonyl (C=O) groups is 2. The average molecular weight is 258 g/mol. The number of nitrogens with one attached hydrogen (secondary N) is 1. The number of hydrogen-bond donors (Lipinski definition) is 2. The van der Waals surface area contributed by atoms with Crippen molar-refractivity contribution >= 4 is 11.8 Å². The van der Waals surface area contributed by atoms with Gasteiger partial charge in [-0.1, -0.05) is 0 Å². The van der Waals surface area contributed by atoms with Gasteiger partial charge in [-0.25, -0.2) is 0 Å². The van der Waals surface area contributed by atoms with Gasteiger partial charge in [0.15, 0.2) is 0 Å². The number of rotatable bonds is 2. The number of aliphatic hydroxyl groups excluding tert-OH is 1. The van der Waals surface area contributed by atoms with Crippen molar-refractivity contribution in [3.8, 4) is 0 Å². The van der Waals surface area contributed by atoms with E-state index in [2.05, 4.69) is 5.32 Å². The number of morpholine rings is 1. The quantitative estimate of drug-likeness (QED) is 0.655. The summed E-state index contributed by atoms with van der Waals surface area (Å²) >= 11 is 0. The van der Waals surface area contributed by atoms with Crippen molar-refractivity contribution in [1.29, 1.82) is 0 Å². The Morgan fingerprint density at radius 1 is 1.33 bits per heavy atom. The molecule has 1 heterocycles. The fourth-order valence-corrected chi connectivity index (χ4v) is 1.89. The van der Waals surface area contributed by atoms with Crippen LogP contribution in [0.15, 0.2) is 0 Å². The van der Waals surface area contributed by atoms with Gasteiger partial charge in [-0.05, 0) is 27.7 Å². The predicted octanol–water partition coefficient (Wildman–Crippen LogP) is -0.491. The molecule has 0 radical (unpaired) electrons. The van der Waals surface area contributed by atoms with E-state index in [1.54, 1.807) is 13.8 Å². The third-order valence-corrected chi connectivity index (χ3v) is 2.75. The van der Waals surface area contributed by atoms with Gasteiger partial charge in [-0.3, -0.25) is 9.59 Å². The highest BCUT2D eigenvalue weighted by Gasteiger charge is 2.31. The van der Waals surface area contributed by atoms with E-state index in [4.69, 9.17) is 9.84 Å². The van der Waals surface area contributed by atoms with Gasteiger partial charge in [-0.15, -0.1) is 0 Å². The van der Waals surface area contributed by atoms with E-state index in [0.717, 1.165) is 0 Å². The molecular weight excluding hydrogens is 236 g/mol. The first-order valence-corrected chi connectivity index (χ1v) is 6.13. The van der Waals surface area contributed by atoms with Crippen LogP contribution in [0, 0.1) is 0 Å². The molecule has 1 aliphatic heterocycles. The Morgan fingerprint density at radius 3 is 2.28 bits per heavy atom. The summed E-state index contributed by atoms with van der Waals surface area (Å²) < 4.78 is 5.50. The molecule has 0 bridgehead atoms. The Kier molecular flexibility index (Phi) is 4.70. The van der Waals surface area contributed by atoms with Gasteiger partial charge in [0.25, 0.3) is 0 Å². The van der Waals surface area contributed by atoms with Gasteiger partial charge >= 0.3 is 11.8 Å². The predicted molar refractivity (Wildman–Crippen MR) is 65.9 cm³/mol. The van der Waals surface area contributed by atoms with Crippen molar-refractivity contribution in [1.82, 2.24) is 10.2 Å². The molecule has 0 aromatic carbocycles. The zero-order valence-electron chi connectivity index (χ0n) is 11.4. The van der Waals surface area contributed by atoms with Gasteiger partial charge in [0.2, 0.25) is 0 Å². The first-order chi connectivity index (χ1) is 8.25. The van der Waals surface area contributed by atoms with Crippen LogP contribution >= 0.6 is 0 Å². The van der Waals surface area contributed by atoms with Crippen molar-refractivity contribution in [3.05, 3.63) is 0 Å². The fourth-order valence-electron chi connectivity index (χ4n) is 1.89. The lowest BCUT2D eigenvalue weighted by Gasteiger charge is -2.35. The third-order valence-electron chi connectivity index (χ3n) is 2.75. The normalized spacial score (nSPS) is 24.8. The topological polar surface area (TPSA) is 78.9 Å². The van der Waals surface area contributed by atoms with Crippen LogP contribution in [0.4, 0.5) is 0 Å². The second-order valence-corrected chi connectivity index (χ2v) is 5.46. The largest absolute Gasteiger partial charge is 0.394 e. The van der Waals surface area contributed by atoms with Crippen LogP contribution in [-0.2, 0) is 14.3 Å². The number of amides is 2. The molecule has 2 amide bonds. The number of nitrogens with zero attached hydrogens (tertiary/aromatic N) is 1. The molecule has 2 unspecified atom stereocenters. The summed E-state index contributed by atoms with van der Waals surface area (Å²) in [5.74, 6) is -1.26. The van der Waals surface area contributed by atoms with E-state index >= 15 is 0 Å². The third kappa shape index (κ3) is 3.96. The van der Waals surface area contributed by atoms with Crippen LogP contribution in [0.2, 0.25) is 0 Å². The zero-order valence-corrected chi connectivity index (χ0v) is 11.4. The molecule has 6 heteroatoms. The van der Waals surface area contributed by atoms with Crippen LogP contribution in [0.25, 0.3) is 0 Å². The highest BCUT2D eigenvalue weighted by Crippen LogP contribution is 2.11. The fraction of sp³-hybridized carbons (Fsp3) is 0.833. The monoisotopic (exact) mass is 258 g/mol. The van der Waals surface area contributed by atoms with Gasteiger partial charge in [0.05, 0.1) is 24.4 Å². The van der Waals surface area contributed by atoms with E-state index < -0.39 is 17.4 Å². The number of ether oxygens (including phenoxy) is 1. The standard InChI is InChI=1S/C12H22N2O4/c1-8-5-14(6-9(2)18-8)11(17)10(16)13-12(3,4)7-15/h8-9,15H,5-7H2,1-4H3,(H,13,16). The maximum Gasteiger partial charge on any atom is 0.312 e. The van der Waals surface area contributed by atoms with Crippen LogP contribution in [0.1, 0.15) is 27.7 Å². The van der Waals surface area contributed by atoms with E-state index in [9.17, 15) is 9.59 Å². The Labute approximate surface area is 107 Å². The molecule has 18 heavy (non-hydrogen) atoms. The molecular formula is C12H22N2O4. The maximum atomic E-state index is 12.0. The summed E-state index contributed by atoms with van der Waals surface area (Å²) in [6, 6.07) is 0. The summed E-state index contributed by atoms with van der Waals surface area (Å²) in [6.07, 6.45) is -0.146. The summed E-state index contributed by atoms with van der Waals surface area (Å²) in [4.78, 5) is 25.2. The number of carbonyl (C=O) groups excluding carboxylic acids is 2. The minimum atomic E-state index is -0.795. The van der Waals surface area contributed by atoms with Gasteiger partial charge in [0.1, 0.15) is 0 Å². The van der Waals surface area contributed by atoms with Gasteiger partial charge < -0.3 is 20.1 Å². The Balaban J connectivity index is 2.61. The Morgan fingerprint density at radius 2 is 1.83 bits per heavy atom. The van der Waals surface area contributed by atoms with E-state index in [1.807, 2.05) is 13.8 Å². The smallest absolute Gasteiger partial charge is 0.312 e. The summed E-state index contributed by atoms with van der Waals surface area (Å²) in [5, 5.41) is 11.6. The van der Waals surface area contributed by atoms with Crippen LogP contribution in [0.5, 0.6) is 0 Å². The highest BCUT2D eigenvalue weighted by molar-refractivity contribution is 6.35. The minimum absolute atomic E-state index is 0.0728. The SMILES string of the molecule is CC1CN(C(=O)C(=O)NC(C)(C)CO)CC(C)O1. The Hall–Kier alpha value is -1.14. The van der Waals surface area contributed by atoms with Crippen molar-refractivity contribution in [2.24, 2.45) is 0 Å². The van der Waals surface area contributed by atoms with Crippen molar-refractivity contribution in [2.45, 2.75) is 45.4 Å². The molecule has 1 aliphatic rings. The number of aliphatic hydroxyl groups is 1. The molecule has 2 N–H and O–H groups in total. The first kappa shape index (κ1) is 14.9. The van der Waals surface area contributed by atoms with E-state index in [-0.39, 0.29) is 18.8 Å². The average Bonchev–Trinajstić information content (AvgIpc) is 2.26. The molecule has 1 rings (SSSR count). The van der Waals surface area contributed by atoms with E-state index in [0.29, 0.717) is 13.1 Å². The zero-order chi connectivity index (χ0) is 13.9. The van der Waals surface area contributed by atoms with Gasteiger partial charge in [-0.2, -0.15) is 0 Å². The molecule has 2 atom stereocenters. The summed E-state index contributed by atoms with van der Waals surface area (Å²) in [7, 11) is 0. The summed E-state index contributed by atoms with van der Waals surface area (Å²) in [5.41, 5.74) is -0.795. The molecule has 0 spiro atoms. The van der Waals surface area contributed by atoms with Crippen LogP contribution < -0.4 is 5.32 Å². The molecule has 104 valence electrons. The maximum absolute atomic E-state index is 12.0. The van der Waals surface area contributed by atoms with Crippen molar-refractivity contribution in [2.75, 3.05) is 19.7 Å². The molecule has 0 aromatic heterocycles. The number of hydrogen-bond acceptors (Lipinski definition) is 4. The molecule has 0 aromatic rings. The second kappa shape index (κ2) is 5.67. The Bertz CT molecular complexity index is 320. The lowest BCUT2D eigenvalue weighted by Crippen LogP contribution is -2.56. The summed E-state index contributed by atoms with van der Waals surface area (Å²) in [6.45, 7) is 7.65. The van der Waals surface area contributed by atoms with Crippen molar-refractivity contribution in [3.63, 3.8) is 0 Å². The lowest BCUT2D eigenvalue weighted by atomic mass is 10.1. The van der Waals surface area contributed by atoms with Crippen LogP contribution in [0.3, 0.4) is 0 Å². The highest BCUT2D eigenvalue weighted by atomic mass is 16.5.